The predicted octanol–water partition coefficient (Wildman–Crippen LogP) is 8.92. The van der Waals surface area contributed by atoms with Crippen molar-refractivity contribution in [3.8, 4) is 22.3 Å². The second-order valence-electron chi connectivity index (χ2n) is 18.6. The number of benzene rings is 5. The summed E-state index contributed by atoms with van der Waals surface area (Å²) in [4.78, 5) is 74.6. The largest absolute Gasteiger partial charge is 0.453 e. The smallest absolute Gasteiger partial charge is 0.407 e. The van der Waals surface area contributed by atoms with Crippen molar-refractivity contribution in [1.29, 1.82) is 0 Å². The molecule has 14 nitrogen and oxygen atoms in total. The molecule has 4 amide bonds. The lowest BCUT2D eigenvalue weighted by Crippen LogP contribution is -2.51. The van der Waals surface area contributed by atoms with E-state index < -0.39 is 47.0 Å². The average molecular weight is 919 g/mol. The lowest BCUT2D eigenvalue weighted by molar-refractivity contribution is -0.140. The van der Waals surface area contributed by atoms with Gasteiger partial charge in [-0.25, -0.2) is 28.3 Å². The van der Waals surface area contributed by atoms with E-state index in [1.54, 1.807) is 0 Å². The van der Waals surface area contributed by atoms with Gasteiger partial charge in [0.05, 0.1) is 36.3 Å². The number of aromatic nitrogens is 4. The molecule has 11 rings (SSSR count). The van der Waals surface area contributed by atoms with Crippen LogP contribution in [0, 0.1) is 23.5 Å². The van der Waals surface area contributed by atoms with Crippen molar-refractivity contribution < 1.29 is 37.4 Å². The SMILES string of the molecule is COC(=O)N[C@H](C(=O)N1CC2CCC1(c1nc3ccc(-c4ccc(-c5ccc6nc(C78CCC(CN7C(=O)[C@@H](NC(=O)OC)c7ccc(F)cc7)C8)[nH]c6c5)cc4)cc3[nH]1)C2)c1ccc(F)cc1. The van der Waals surface area contributed by atoms with Crippen LogP contribution < -0.4 is 10.6 Å². The van der Waals surface area contributed by atoms with Gasteiger partial charge >= 0.3 is 12.2 Å². The summed E-state index contributed by atoms with van der Waals surface area (Å²) in [6.07, 6.45) is 3.27. The molecule has 5 aromatic carbocycles. The molecule has 6 atom stereocenters. The number of rotatable bonds is 10. The first kappa shape index (κ1) is 43.0. The third kappa shape index (κ3) is 7.29. The number of likely N-dealkylation sites (tertiary alicyclic amines) is 2. The van der Waals surface area contributed by atoms with Gasteiger partial charge in [-0.2, -0.15) is 0 Å². The van der Waals surface area contributed by atoms with Gasteiger partial charge in [0.2, 0.25) is 0 Å². The van der Waals surface area contributed by atoms with Crippen LogP contribution in [0.2, 0.25) is 0 Å². The number of nitrogens with one attached hydrogen (secondary N) is 4. The normalized spacial score (nSPS) is 22.4. The van der Waals surface area contributed by atoms with Crippen LogP contribution in [0.15, 0.2) is 109 Å². The van der Waals surface area contributed by atoms with E-state index >= 15 is 0 Å². The van der Waals surface area contributed by atoms with E-state index in [2.05, 4.69) is 57.0 Å². The summed E-state index contributed by atoms with van der Waals surface area (Å²) in [5.74, 6) is 0.454. The number of alkyl carbamates (subject to hydrolysis) is 2. The van der Waals surface area contributed by atoms with Gasteiger partial charge in [-0.1, -0.05) is 60.7 Å². The Morgan fingerprint density at radius 1 is 0.588 bits per heavy atom. The molecule has 16 heteroatoms. The van der Waals surface area contributed by atoms with Crippen molar-refractivity contribution in [3.63, 3.8) is 0 Å². The minimum absolute atomic E-state index is 0.277. The summed E-state index contributed by atoms with van der Waals surface area (Å²) in [6.45, 7) is 1.03. The monoisotopic (exact) mass is 918 g/mol. The third-order valence-electron chi connectivity index (χ3n) is 14.8. The van der Waals surface area contributed by atoms with Gasteiger partial charge in [-0.05, 0) is 132 Å². The number of nitrogens with zero attached hydrogens (tertiary/aromatic N) is 4. The molecule has 2 aliphatic heterocycles. The van der Waals surface area contributed by atoms with Gasteiger partial charge in [0.25, 0.3) is 11.8 Å². The Hall–Kier alpha value is -7.62. The molecule has 2 aliphatic carbocycles. The van der Waals surface area contributed by atoms with Crippen LogP contribution in [-0.4, -0.2) is 81.0 Å². The summed E-state index contributed by atoms with van der Waals surface area (Å²) >= 11 is 0. The predicted molar refractivity (Wildman–Crippen MR) is 247 cm³/mol. The molecule has 2 saturated heterocycles. The number of hydrogen-bond acceptors (Lipinski definition) is 8. The second-order valence-corrected chi connectivity index (χ2v) is 18.6. The first-order valence-electron chi connectivity index (χ1n) is 22.9. The second kappa shape index (κ2) is 16.6. The molecule has 4 fully saturated rings. The first-order valence-corrected chi connectivity index (χ1v) is 22.9. The molecule has 0 spiro atoms. The molecule has 4 aliphatic rings. The standard InChI is InChI=1S/C52H48F2N8O6/c1-67-49(65)59-43(33-7-13-37(53)14-8-33)45(63)61-27-29-19-21-51(61,25-29)47-55-39-17-11-35(23-41(39)57-47)31-3-5-32(6-4-31)36-12-18-40-42(24-36)58-48(56-40)52-22-20-30(26-52)28-62(52)46(64)44(60-50(66)68-2)34-9-15-38(54)16-10-34/h3-18,23-24,29-30,43-44H,19-22,25-28H2,1-2H3,(H,55,57)(H,56,58)(H,59,65)(H,60,66)/t29?,30?,43-,44-,51?,52?/m0/s1. The summed E-state index contributed by atoms with van der Waals surface area (Å²) < 4.78 is 37.5. The van der Waals surface area contributed by atoms with Gasteiger partial charge in [0, 0.05) is 13.1 Å². The highest BCUT2D eigenvalue weighted by molar-refractivity contribution is 5.90. The molecule has 7 aromatic rings. The van der Waals surface area contributed by atoms with Gasteiger partial charge < -0.3 is 39.9 Å². The van der Waals surface area contributed by atoms with Crippen LogP contribution in [0.25, 0.3) is 44.3 Å². The van der Waals surface area contributed by atoms with Gasteiger partial charge in [0.1, 0.15) is 46.4 Å². The number of hydrogen-bond donors (Lipinski definition) is 4. The van der Waals surface area contributed by atoms with E-state index in [0.717, 1.165) is 70.0 Å². The van der Waals surface area contributed by atoms with Crippen LogP contribution in [0.1, 0.15) is 73.4 Å². The number of carbonyl (C=O) groups is 4. The Morgan fingerprint density at radius 2 is 0.971 bits per heavy atom. The highest BCUT2D eigenvalue weighted by Gasteiger charge is 2.58. The van der Waals surface area contributed by atoms with Crippen LogP contribution in [0.4, 0.5) is 18.4 Å². The summed E-state index contributed by atoms with van der Waals surface area (Å²) in [5, 5.41) is 5.35. The van der Waals surface area contributed by atoms with Gasteiger partial charge in [-0.15, -0.1) is 0 Å². The molecule has 68 heavy (non-hydrogen) atoms. The number of amides is 4. The Balaban J connectivity index is 0.835. The van der Waals surface area contributed by atoms with Crippen molar-refractivity contribution in [2.24, 2.45) is 11.8 Å². The van der Waals surface area contributed by atoms with E-state index in [-0.39, 0.29) is 23.7 Å². The van der Waals surface area contributed by atoms with E-state index in [1.165, 1.54) is 62.8 Å². The fourth-order valence-corrected chi connectivity index (χ4v) is 11.4. The Bertz CT molecular complexity index is 2910. The zero-order chi connectivity index (χ0) is 46.9. The highest BCUT2D eigenvalue weighted by Crippen LogP contribution is 2.54. The molecule has 4 heterocycles. The highest BCUT2D eigenvalue weighted by atomic mass is 19.1. The summed E-state index contributed by atoms with van der Waals surface area (Å²) in [6, 6.07) is 29.4. The minimum Gasteiger partial charge on any atom is -0.453 e. The number of fused-ring (bicyclic) bond motifs is 6. The Kier molecular flexibility index (Phi) is 10.5. The minimum atomic E-state index is -1.07. The van der Waals surface area contributed by atoms with E-state index in [1.807, 2.05) is 34.1 Å². The maximum absolute atomic E-state index is 14.4. The fraction of sp³-hybridized carbons (Fsp3) is 0.308. The van der Waals surface area contributed by atoms with Crippen LogP contribution in [0.3, 0.4) is 0 Å². The molecule has 2 aromatic heterocycles. The number of halogens is 2. The van der Waals surface area contributed by atoms with Crippen LogP contribution >= 0.6 is 0 Å². The first-order chi connectivity index (χ1) is 32.9. The molecule has 0 radical (unpaired) electrons. The average Bonchev–Trinajstić information content (AvgIpc) is 4.24. The maximum atomic E-state index is 14.4. The fourth-order valence-electron chi connectivity index (χ4n) is 11.4. The number of piperidine rings is 2. The van der Waals surface area contributed by atoms with Crippen molar-refractivity contribution in [2.45, 2.75) is 61.7 Å². The number of carbonyl (C=O) groups excluding carboxylic acids is 4. The lowest BCUT2D eigenvalue weighted by atomic mass is 9.94. The number of aromatic amines is 2. The molecule has 4 unspecified atom stereocenters. The van der Waals surface area contributed by atoms with Crippen LogP contribution in [0.5, 0.6) is 0 Å². The molecule has 2 saturated carbocycles. The van der Waals surface area contributed by atoms with Gasteiger partial charge in [-0.3, -0.25) is 9.59 Å². The number of ether oxygens (including phenoxy) is 2. The Labute approximate surface area is 389 Å². The van der Waals surface area contributed by atoms with Gasteiger partial charge in [0.15, 0.2) is 0 Å². The molecule has 4 bridgehead atoms. The number of H-pyrrole nitrogens is 2. The molecular formula is C52H48F2N8O6. The Morgan fingerprint density at radius 3 is 1.34 bits per heavy atom. The zero-order valence-electron chi connectivity index (χ0n) is 37.4. The topological polar surface area (TPSA) is 175 Å². The molecule has 346 valence electrons. The van der Waals surface area contributed by atoms with Crippen molar-refractivity contribution in [2.75, 3.05) is 27.3 Å². The van der Waals surface area contributed by atoms with Crippen molar-refractivity contribution in [1.82, 2.24) is 40.4 Å². The van der Waals surface area contributed by atoms with Crippen molar-refractivity contribution in [3.05, 3.63) is 144 Å². The number of imidazole rings is 2. The lowest BCUT2D eigenvalue weighted by Gasteiger charge is -2.39. The van der Waals surface area contributed by atoms with E-state index in [0.29, 0.717) is 48.7 Å². The zero-order valence-corrected chi connectivity index (χ0v) is 37.4. The van der Waals surface area contributed by atoms with Crippen LogP contribution in [-0.2, 0) is 30.1 Å². The number of methoxy groups -OCH3 is 2. The quantitative estimate of drug-likeness (QED) is 0.105. The summed E-state index contributed by atoms with van der Waals surface area (Å²) in [7, 11) is 2.47. The summed E-state index contributed by atoms with van der Waals surface area (Å²) in [5.41, 5.74) is 6.73. The van der Waals surface area contributed by atoms with E-state index in [9.17, 15) is 28.0 Å². The molecular weight excluding hydrogens is 871 g/mol. The molecule has 4 N–H and O–H groups in total. The third-order valence-corrected chi connectivity index (χ3v) is 14.8. The van der Waals surface area contributed by atoms with E-state index in [4.69, 9.17) is 19.4 Å². The maximum Gasteiger partial charge on any atom is 0.407 e. The van der Waals surface area contributed by atoms with Crippen molar-refractivity contribution >= 4 is 46.1 Å².